The molecule has 6 heteroatoms. The lowest BCUT2D eigenvalue weighted by atomic mass is 10.0. The van der Waals surface area contributed by atoms with E-state index in [1.54, 1.807) is 0 Å². The van der Waals surface area contributed by atoms with Crippen molar-refractivity contribution in [2.24, 2.45) is 0 Å². The number of rotatable bonds is 65. The minimum Gasteiger partial charge on any atom is -0.462 e. The highest BCUT2D eigenvalue weighted by Gasteiger charge is 2.19. The molecule has 0 bridgehead atoms. The zero-order valence-electron chi connectivity index (χ0n) is 51.8. The fourth-order valence-electron chi connectivity index (χ4n) is 10.8. The lowest BCUT2D eigenvalue weighted by Crippen LogP contribution is -2.30. The van der Waals surface area contributed by atoms with Crippen molar-refractivity contribution in [2.45, 2.75) is 406 Å². The molecule has 0 rings (SSSR count). The summed E-state index contributed by atoms with van der Waals surface area (Å²) in [5.74, 6) is -0.843. The van der Waals surface area contributed by atoms with Crippen LogP contribution >= 0.6 is 0 Å². The molecule has 0 spiro atoms. The SMILES string of the molecule is CCCC/C=C\CCCCCCCC(=O)OCC(COC(=O)CCCCCCCCCCCCCCCCCCCCCCCCCCCC)OC(=O)CCCCCCCCCCCCCCCCCCCCCCC. The van der Waals surface area contributed by atoms with E-state index in [0.717, 1.165) is 64.2 Å². The van der Waals surface area contributed by atoms with Crippen LogP contribution in [-0.4, -0.2) is 37.2 Å². The van der Waals surface area contributed by atoms with Crippen molar-refractivity contribution in [1.82, 2.24) is 0 Å². The van der Waals surface area contributed by atoms with Crippen molar-refractivity contribution in [3.63, 3.8) is 0 Å². The minimum atomic E-state index is -0.769. The van der Waals surface area contributed by atoms with E-state index in [-0.39, 0.29) is 31.1 Å². The Balaban J connectivity index is 4.14. The largest absolute Gasteiger partial charge is 0.462 e. The van der Waals surface area contributed by atoms with Crippen LogP contribution in [0.4, 0.5) is 0 Å². The number of hydrogen-bond acceptors (Lipinski definition) is 6. The molecule has 0 amide bonds. The summed E-state index contributed by atoms with van der Waals surface area (Å²) in [4.78, 5) is 38.3. The molecule has 0 aromatic carbocycles. The van der Waals surface area contributed by atoms with Gasteiger partial charge in [-0.05, 0) is 38.5 Å². The topological polar surface area (TPSA) is 78.9 Å². The second-order valence-corrected chi connectivity index (χ2v) is 23.8. The van der Waals surface area contributed by atoms with Gasteiger partial charge in [-0.3, -0.25) is 14.4 Å². The maximum absolute atomic E-state index is 12.9. The molecule has 0 aliphatic carbocycles. The Hall–Kier alpha value is -1.85. The first-order chi connectivity index (χ1) is 37.5. The fourth-order valence-corrected chi connectivity index (χ4v) is 10.8. The normalized spacial score (nSPS) is 12.0. The van der Waals surface area contributed by atoms with E-state index in [1.165, 1.54) is 295 Å². The van der Waals surface area contributed by atoms with E-state index < -0.39 is 6.10 Å². The van der Waals surface area contributed by atoms with Gasteiger partial charge < -0.3 is 14.2 Å². The monoisotopic (exact) mass is 1070 g/mol. The maximum Gasteiger partial charge on any atom is 0.306 e. The van der Waals surface area contributed by atoms with Crippen molar-refractivity contribution >= 4 is 17.9 Å². The summed E-state index contributed by atoms with van der Waals surface area (Å²) < 4.78 is 17.0. The van der Waals surface area contributed by atoms with Crippen LogP contribution in [0.25, 0.3) is 0 Å². The van der Waals surface area contributed by atoms with Crippen molar-refractivity contribution in [1.29, 1.82) is 0 Å². The Kier molecular flexibility index (Phi) is 64.1. The lowest BCUT2D eigenvalue weighted by molar-refractivity contribution is -0.167. The third-order valence-electron chi connectivity index (χ3n) is 16.0. The van der Waals surface area contributed by atoms with Crippen molar-refractivity contribution < 1.29 is 28.6 Å². The van der Waals surface area contributed by atoms with Crippen LogP contribution in [0.5, 0.6) is 0 Å². The van der Waals surface area contributed by atoms with Gasteiger partial charge in [-0.1, -0.05) is 354 Å². The number of allylic oxidation sites excluding steroid dienone is 2. The Morgan fingerprint density at radius 2 is 0.447 bits per heavy atom. The molecule has 1 atom stereocenters. The maximum atomic E-state index is 12.9. The smallest absolute Gasteiger partial charge is 0.306 e. The third kappa shape index (κ3) is 63.0. The first-order valence-electron chi connectivity index (χ1n) is 34.7. The Morgan fingerprint density at radius 1 is 0.250 bits per heavy atom. The molecule has 0 aromatic heterocycles. The number of unbranched alkanes of at least 4 members (excludes halogenated alkanes) is 52. The molecule has 0 heterocycles. The van der Waals surface area contributed by atoms with Crippen LogP contribution in [0.3, 0.4) is 0 Å². The van der Waals surface area contributed by atoms with E-state index in [2.05, 4.69) is 32.9 Å². The molecule has 0 aromatic rings. The van der Waals surface area contributed by atoms with Crippen LogP contribution in [0.1, 0.15) is 400 Å². The van der Waals surface area contributed by atoms with Crippen molar-refractivity contribution in [2.75, 3.05) is 13.2 Å². The second kappa shape index (κ2) is 65.7. The number of ether oxygens (including phenoxy) is 3. The number of carbonyl (C=O) groups is 3. The zero-order valence-corrected chi connectivity index (χ0v) is 51.8. The molecule has 450 valence electrons. The number of hydrogen-bond donors (Lipinski definition) is 0. The molecule has 0 aliphatic heterocycles. The van der Waals surface area contributed by atoms with Crippen LogP contribution < -0.4 is 0 Å². The van der Waals surface area contributed by atoms with Gasteiger partial charge in [0.15, 0.2) is 6.10 Å². The van der Waals surface area contributed by atoms with E-state index in [1.807, 2.05) is 0 Å². The van der Waals surface area contributed by atoms with Gasteiger partial charge in [0.2, 0.25) is 0 Å². The molecule has 1 unspecified atom stereocenters. The van der Waals surface area contributed by atoms with E-state index in [0.29, 0.717) is 19.3 Å². The predicted molar refractivity (Wildman–Crippen MR) is 330 cm³/mol. The molecule has 6 nitrogen and oxygen atoms in total. The van der Waals surface area contributed by atoms with Crippen LogP contribution in [0.2, 0.25) is 0 Å². The van der Waals surface area contributed by atoms with Crippen LogP contribution in [0, 0.1) is 0 Å². The molecule has 0 saturated carbocycles. The molecular weight excluding hydrogens is 937 g/mol. The van der Waals surface area contributed by atoms with E-state index in [4.69, 9.17) is 14.2 Å². The lowest BCUT2D eigenvalue weighted by Gasteiger charge is -2.18. The fraction of sp³-hybridized carbons (Fsp3) is 0.929. The highest BCUT2D eigenvalue weighted by atomic mass is 16.6. The van der Waals surface area contributed by atoms with E-state index in [9.17, 15) is 14.4 Å². The van der Waals surface area contributed by atoms with Gasteiger partial charge in [-0.15, -0.1) is 0 Å². The highest BCUT2D eigenvalue weighted by Crippen LogP contribution is 2.19. The first-order valence-corrected chi connectivity index (χ1v) is 34.7. The minimum absolute atomic E-state index is 0.0659. The van der Waals surface area contributed by atoms with Crippen LogP contribution in [-0.2, 0) is 28.6 Å². The summed E-state index contributed by atoms with van der Waals surface area (Å²) >= 11 is 0. The van der Waals surface area contributed by atoms with Crippen molar-refractivity contribution in [3.8, 4) is 0 Å². The van der Waals surface area contributed by atoms with Gasteiger partial charge in [0.25, 0.3) is 0 Å². The molecule has 0 aliphatic rings. The van der Waals surface area contributed by atoms with Gasteiger partial charge in [0, 0.05) is 19.3 Å². The van der Waals surface area contributed by atoms with Gasteiger partial charge in [0.05, 0.1) is 0 Å². The molecular formula is C70H134O6. The molecule has 0 saturated heterocycles. The molecule has 76 heavy (non-hydrogen) atoms. The van der Waals surface area contributed by atoms with E-state index >= 15 is 0 Å². The zero-order chi connectivity index (χ0) is 55.0. The Bertz CT molecular complexity index is 1180. The highest BCUT2D eigenvalue weighted by molar-refractivity contribution is 5.71. The number of carbonyl (C=O) groups excluding carboxylic acids is 3. The summed E-state index contributed by atoms with van der Waals surface area (Å²) in [6.45, 7) is 6.68. The predicted octanol–water partition coefficient (Wildman–Crippen LogP) is 23.6. The first kappa shape index (κ1) is 74.2. The van der Waals surface area contributed by atoms with Gasteiger partial charge in [0.1, 0.15) is 13.2 Å². The van der Waals surface area contributed by atoms with Crippen LogP contribution in [0.15, 0.2) is 12.2 Å². The summed E-state index contributed by atoms with van der Waals surface area (Å²) in [7, 11) is 0. The average Bonchev–Trinajstić information content (AvgIpc) is 3.42. The summed E-state index contributed by atoms with van der Waals surface area (Å²) in [6.07, 6.45) is 78.2. The Morgan fingerprint density at radius 3 is 0.697 bits per heavy atom. The number of esters is 3. The van der Waals surface area contributed by atoms with Crippen molar-refractivity contribution in [3.05, 3.63) is 12.2 Å². The third-order valence-corrected chi connectivity index (χ3v) is 16.0. The molecule has 0 radical (unpaired) electrons. The average molecular weight is 1070 g/mol. The molecule has 0 N–H and O–H groups in total. The quantitative estimate of drug-likeness (QED) is 0.0261. The van der Waals surface area contributed by atoms with Gasteiger partial charge >= 0.3 is 17.9 Å². The summed E-state index contributed by atoms with van der Waals surface area (Å²) in [5.41, 5.74) is 0. The van der Waals surface area contributed by atoms with Gasteiger partial charge in [-0.2, -0.15) is 0 Å². The molecule has 0 fully saturated rings. The second-order valence-electron chi connectivity index (χ2n) is 23.8. The summed E-state index contributed by atoms with van der Waals surface area (Å²) in [5, 5.41) is 0. The Labute approximate surface area is 475 Å². The summed E-state index contributed by atoms with van der Waals surface area (Å²) in [6, 6.07) is 0. The van der Waals surface area contributed by atoms with Gasteiger partial charge in [-0.25, -0.2) is 0 Å². The standard InChI is InChI=1S/C70H134O6/c1-4-7-10-13-16-19-22-24-26-28-30-32-33-34-35-36-38-39-41-43-45-48-51-54-57-60-63-69(72)75-66-67(65-74-68(71)62-59-56-53-50-47-21-18-15-12-9-6-3)76-70(73)64-61-58-55-52-49-46-44-42-40-37-31-29-27-25-23-20-17-14-11-8-5-2/h15,18,67H,4-14,16-17,19-66H2,1-3H3/b18-15-.